The zero-order chi connectivity index (χ0) is 13.7. The van der Waals surface area contributed by atoms with Crippen molar-refractivity contribution in [2.24, 2.45) is 0 Å². The molecule has 5 nitrogen and oxygen atoms in total. The molecule has 3 N–H and O–H groups in total. The molecule has 0 bridgehead atoms. The average molecular weight is 258 g/mol. The monoisotopic (exact) mass is 258 g/mol. The third kappa shape index (κ3) is 3.49. The summed E-state index contributed by atoms with van der Waals surface area (Å²) >= 11 is 0. The molecule has 0 fully saturated rings. The molecule has 0 aliphatic rings. The summed E-state index contributed by atoms with van der Waals surface area (Å²) in [4.78, 5) is 10.9. The number of hydrogen-bond acceptors (Lipinski definition) is 5. The number of carbonyl (C=O) groups is 1. The van der Waals surface area contributed by atoms with Crippen molar-refractivity contribution < 1.29 is 29.2 Å². The van der Waals surface area contributed by atoms with Crippen molar-refractivity contribution in [1.82, 2.24) is 0 Å². The van der Waals surface area contributed by atoms with Crippen molar-refractivity contribution in [2.45, 2.75) is 25.2 Å². The van der Waals surface area contributed by atoms with E-state index in [1.165, 1.54) is 12.1 Å². The smallest absolute Gasteiger partial charge is 0.308 e. The number of methoxy groups -OCH3 is 1. The molecule has 1 rings (SSSR count). The van der Waals surface area contributed by atoms with Gasteiger partial charge in [0.1, 0.15) is 11.9 Å². The lowest BCUT2D eigenvalue weighted by molar-refractivity contribution is -0.144. The Morgan fingerprint density at radius 1 is 1.44 bits per heavy atom. The molecule has 0 spiro atoms. The summed E-state index contributed by atoms with van der Waals surface area (Å²) in [6.07, 6.45) is -3.41. The van der Waals surface area contributed by atoms with Crippen LogP contribution in [0.1, 0.15) is 23.7 Å². The number of rotatable bonds is 5. The van der Waals surface area contributed by atoms with E-state index in [0.717, 1.165) is 13.2 Å². The van der Waals surface area contributed by atoms with E-state index >= 15 is 0 Å². The Morgan fingerprint density at radius 2 is 2.11 bits per heavy atom. The van der Waals surface area contributed by atoms with Gasteiger partial charge in [-0.2, -0.15) is 0 Å². The van der Waals surface area contributed by atoms with Crippen LogP contribution >= 0.6 is 0 Å². The van der Waals surface area contributed by atoms with Gasteiger partial charge in [-0.1, -0.05) is 12.1 Å². The van der Waals surface area contributed by atoms with E-state index in [9.17, 15) is 19.4 Å². The molecule has 2 unspecified atom stereocenters. The largest absolute Gasteiger partial charge is 0.469 e. The van der Waals surface area contributed by atoms with Crippen LogP contribution in [0.4, 0.5) is 4.39 Å². The van der Waals surface area contributed by atoms with Gasteiger partial charge in [0.05, 0.1) is 26.2 Å². The van der Waals surface area contributed by atoms with Crippen molar-refractivity contribution in [2.75, 3.05) is 7.11 Å². The predicted molar refractivity (Wildman–Crippen MR) is 59.9 cm³/mol. The SMILES string of the molecule is COC(=O)CC(O)C(O)c1ccc(CO)cc1F. The Kier molecular flexibility index (Phi) is 5.21. The molecule has 100 valence electrons. The zero-order valence-electron chi connectivity index (χ0n) is 9.84. The molecule has 18 heavy (non-hydrogen) atoms. The zero-order valence-corrected chi connectivity index (χ0v) is 9.84. The van der Waals surface area contributed by atoms with Crippen molar-refractivity contribution in [1.29, 1.82) is 0 Å². The first-order valence-corrected chi connectivity index (χ1v) is 5.31. The molecular weight excluding hydrogens is 243 g/mol. The average Bonchev–Trinajstić information content (AvgIpc) is 2.37. The third-order valence-electron chi connectivity index (χ3n) is 2.53. The molecule has 2 atom stereocenters. The molecule has 1 aromatic rings. The molecular formula is C12H15FO5. The van der Waals surface area contributed by atoms with Gasteiger partial charge in [-0.05, 0) is 11.6 Å². The lowest BCUT2D eigenvalue weighted by Gasteiger charge is -2.18. The topological polar surface area (TPSA) is 87.0 Å². The van der Waals surface area contributed by atoms with E-state index < -0.39 is 30.4 Å². The van der Waals surface area contributed by atoms with E-state index in [1.807, 2.05) is 0 Å². The Bertz CT molecular complexity index is 421. The number of benzene rings is 1. The highest BCUT2D eigenvalue weighted by Crippen LogP contribution is 2.23. The fourth-order valence-corrected chi connectivity index (χ4v) is 1.48. The molecule has 0 aliphatic carbocycles. The summed E-state index contributed by atoms with van der Waals surface area (Å²) < 4.78 is 17.9. The Balaban J connectivity index is 2.83. The number of hydrogen-bond donors (Lipinski definition) is 3. The first kappa shape index (κ1) is 14.6. The van der Waals surface area contributed by atoms with Crippen LogP contribution in [0.25, 0.3) is 0 Å². The first-order valence-electron chi connectivity index (χ1n) is 5.31. The van der Waals surface area contributed by atoms with E-state index in [2.05, 4.69) is 4.74 Å². The second kappa shape index (κ2) is 6.44. The normalized spacial score (nSPS) is 14.1. The van der Waals surface area contributed by atoms with Crippen LogP contribution < -0.4 is 0 Å². The van der Waals surface area contributed by atoms with Crippen LogP contribution in [-0.4, -0.2) is 34.5 Å². The highest BCUT2D eigenvalue weighted by atomic mass is 19.1. The van der Waals surface area contributed by atoms with Gasteiger partial charge in [0.25, 0.3) is 0 Å². The van der Waals surface area contributed by atoms with Crippen molar-refractivity contribution >= 4 is 5.97 Å². The minimum absolute atomic E-state index is 0.136. The molecule has 1 aromatic carbocycles. The van der Waals surface area contributed by atoms with Gasteiger partial charge in [0.2, 0.25) is 0 Å². The van der Waals surface area contributed by atoms with E-state index in [-0.39, 0.29) is 12.2 Å². The fraction of sp³-hybridized carbons (Fsp3) is 0.417. The molecule has 6 heteroatoms. The maximum Gasteiger partial charge on any atom is 0.308 e. The van der Waals surface area contributed by atoms with Gasteiger partial charge in [-0.3, -0.25) is 4.79 Å². The van der Waals surface area contributed by atoms with Crippen LogP contribution in [0.2, 0.25) is 0 Å². The van der Waals surface area contributed by atoms with E-state index in [4.69, 9.17) is 5.11 Å². The Labute approximate surface area is 103 Å². The van der Waals surface area contributed by atoms with Gasteiger partial charge >= 0.3 is 5.97 Å². The Morgan fingerprint density at radius 3 is 2.61 bits per heavy atom. The molecule has 0 saturated heterocycles. The second-order valence-corrected chi connectivity index (χ2v) is 3.81. The molecule has 0 radical (unpaired) electrons. The Hall–Kier alpha value is -1.50. The minimum Gasteiger partial charge on any atom is -0.469 e. The van der Waals surface area contributed by atoms with Crippen molar-refractivity contribution in [3.63, 3.8) is 0 Å². The highest BCUT2D eigenvalue weighted by Gasteiger charge is 2.24. The number of esters is 1. The summed E-state index contributed by atoms with van der Waals surface area (Å²) in [7, 11) is 1.15. The molecule has 0 saturated carbocycles. The highest BCUT2D eigenvalue weighted by molar-refractivity contribution is 5.69. The van der Waals surface area contributed by atoms with Crippen LogP contribution in [0.3, 0.4) is 0 Å². The van der Waals surface area contributed by atoms with Gasteiger partial charge < -0.3 is 20.1 Å². The standard InChI is InChI=1S/C12H15FO5/c1-18-11(16)5-10(15)12(17)8-3-2-7(6-14)4-9(8)13/h2-4,10,12,14-15,17H,5-6H2,1H3. The van der Waals surface area contributed by atoms with Gasteiger partial charge in [0.15, 0.2) is 0 Å². The number of carbonyl (C=O) groups excluding carboxylic acids is 1. The third-order valence-corrected chi connectivity index (χ3v) is 2.53. The number of ether oxygens (including phenoxy) is 1. The van der Waals surface area contributed by atoms with E-state index in [1.54, 1.807) is 0 Å². The second-order valence-electron chi connectivity index (χ2n) is 3.81. The lowest BCUT2D eigenvalue weighted by Crippen LogP contribution is -2.23. The summed E-state index contributed by atoms with van der Waals surface area (Å²) in [5.74, 6) is -1.45. The maximum atomic E-state index is 13.6. The number of aliphatic hydroxyl groups is 3. The van der Waals surface area contributed by atoms with Crippen molar-refractivity contribution in [3.05, 3.63) is 35.1 Å². The summed E-state index contributed by atoms with van der Waals surface area (Å²) in [6, 6.07) is 3.74. The first-order chi connectivity index (χ1) is 8.49. The van der Waals surface area contributed by atoms with Crippen LogP contribution in [0.5, 0.6) is 0 Å². The minimum atomic E-state index is -1.53. The molecule has 0 aliphatic heterocycles. The van der Waals surface area contributed by atoms with Gasteiger partial charge in [0, 0.05) is 5.56 Å². The lowest BCUT2D eigenvalue weighted by atomic mass is 10.0. The van der Waals surface area contributed by atoms with Gasteiger partial charge in [-0.15, -0.1) is 0 Å². The van der Waals surface area contributed by atoms with Crippen LogP contribution in [0.15, 0.2) is 18.2 Å². The number of halogens is 1. The number of aliphatic hydroxyl groups excluding tert-OH is 3. The molecule has 0 amide bonds. The van der Waals surface area contributed by atoms with E-state index in [0.29, 0.717) is 5.56 Å². The summed E-state index contributed by atoms with van der Waals surface area (Å²) in [5.41, 5.74) is 0.217. The summed E-state index contributed by atoms with van der Waals surface area (Å²) in [5, 5.41) is 28.1. The molecule has 0 heterocycles. The molecule has 0 aromatic heterocycles. The van der Waals surface area contributed by atoms with Crippen molar-refractivity contribution in [3.8, 4) is 0 Å². The van der Waals surface area contributed by atoms with Crippen LogP contribution in [0, 0.1) is 5.82 Å². The fourth-order valence-electron chi connectivity index (χ4n) is 1.48. The quantitative estimate of drug-likeness (QED) is 0.660. The van der Waals surface area contributed by atoms with Gasteiger partial charge in [-0.25, -0.2) is 4.39 Å². The summed E-state index contributed by atoms with van der Waals surface area (Å²) in [6.45, 7) is -0.321. The predicted octanol–water partition coefficient (Wildman–Crippen LogP) is 0.275. The maximum absolute atomic E-state index is 13.6. The van der Waals surface area contributed by atoms with Crippen LogP contribution in [-0.2, 0) is 16.1 Å².